The molecule has 15 heteroatoms. The predicted octanol–water partition coefficient (Wildman–Crippen LogP) is 4.97. The van der Waals surface area contributed by atoms with E-state index in [4.69, 9.17) is 18.6 Å². The fourth-order valence-electron chi connectivity index (χ4n) is 6.58. The van der Waals surface area contributed by atoms with Gasteiger partial charge < -0.3 is 23.7 Å². The van der Waals surface area contributed by atoms with Gasteiger partial charge in [-0.25, -0.2) is 23.5 Å². The van der Waals surface area contributed by atoms with E-state index in [9.17, 15) is 32.7 Å². The average molecular weight is 648 g/mol. The molecule has 3 fully saturated rings. The van der Waals surface area contributed by atoms with Gasteiger partial charge in [-0.2, -0.15) is 8.78 Å². The lowest BCUT2D eigenvalue weighted by Gasteiger charge is -2.32. The Morgan fingerprint density at radius 3 is 2.58 bits per heavy atom. The molecule has 0 amide bonds. The fraction of sp³-hybridized carbons (Fsp3) is 0.467. The summed E-state index contributed by atoms with van der Waals surface area (Å²) in [4.78, 5) is 45.3. The van der Waals surface area contributed by atoms with Crippen molar-refractivity contribution >= 4 is 27.5 Å². The Morgan fingerprint density at radius 2 is 1.96 bits per heavy atom. The molecule has 0 radical (unpaired) electrons. The number of ether oxygens (including phenoxy) is 3. The molecule has 11 nitrogen and oxygen atoms in total. The number of aromatic nitrogens is 3. The van der Waals surface area contributed by atoms with Crippen LogP contribution < -0.4 is 16.0 Å². The number of aliphatic carboxylic acids is 1. The highest BCUT2D eigenvalue weighted by molar-refractivity contribution is 7.22. The van der Waals surface area contributed by atoms with Crippen molar-refractivity contribution in [1.29, 1.82) is 0 Å². The summed E-state index contributed by atoms with van der Waals surface area (Å²) in [6.07, 6.45) is 3.88. The normalized spacial score (nSPS) is 22.6. The zero-order chi connectivity index (χ0) is 31.6. The number of halogens is 3. The number of oxazole rings is 1. The third kappa shape index (κ3) is 5.16. The maximum absolute atomic E-state index is 14.7. The van der Waals surface area contributed by atoms with Crippen molar-refractivity contribution in [1.82, 2.24) is 14.1 Å². The molecule has 7 rings (SSSR count). The van der Waals surface area contributed by atoms with Crippen molar-refractivity contribution in [3.63, 3.8) is 0 Å². The first kappa shape index (κ1) is 29.7. The van der Waals surface area contributed by atoms with Gasteiger partial charge in [0.2, 0.25) is 5.89 Å². The predicted molar refractivity (Wildman–Crippen MR) is 153 cm³/mol. The Labute approximate surface area is 256 Å². The molecular weight excluding hydrogens is 619 g/mol. The molecule has 2 bridgehead atoms. The van der Waals surface area contributed by atoms with Gasteiger partial charge in [-0.05, 0) is 69.2 Å². The Kier molecular flexibility index (Phi) is 7.36. The van der Waals surface area contributed by atoms with Crippen LogP contribution in [0.3, 0.4) is 0 Å². The van der Waals surface area contributed by atoms with E-state index in [-0.39, 0.29) is 59.0 Å². The highest BCUT2D eigenvalue weighted by atomic mass is 32.1. The molecule has 1 aromatic carbocycles. The number of aryl methyl sites for hydroxylation is 1. The van der Waals surface area contributed by atoms with Crippen molar-refractivity contribution in [2.75, 3.05) is 0 Å². The van der Waals surface area contributed by atoms with Crippen LogP contribution in [0.25, 0.3) is 21.0 Å². The van der Waals surface area contributed by atoms with Crippen LogP contribution in [-0.4, -0.2) is 50.1 Å². The van der Waals surface area contributed by atoms with Crippen molar-refractivity contribution in [2.45, 2.75) is 88.6 Å². The summed E-state index contributed by atoms with van der Waals surface area (Å²) < 4.78 is 66.3. The third-order valence-corrected chi connectivity index (χ3v) is 10.2. The molecule has 1 aliphatic carbocycles. The first-order valence-corrected chi connectivity index (χ1v) is 15.3. The smallest absolute Gasteiger partial charge is 0.387 e. The Morgan fingerprint density at radius 1 is 1.22 bits per heavy atom. The summed E-state index contributed by atoms with van der Waals surface area (Å²) in [5.74, 6) is -2.20. The van der Waals surface area contributed by atoms with Gasteiger partial charge in [0.25, 0.3) is 5.56 Å². The molecular formula is C30H28F3N3O8S. The van der Waals surface area contributed by atoms with Crippen LogP contribution in [0, 0.1) is 12.7 Å². The number of hydrogen-bond donors (Lipinski definition) is 1. The summed E-state index contributed by atoms with van der Waals surface area (Å²) in [7, 11) is 0. The molecule has 238 valence electrons. The van der Waals surface area contributed by atoms with Gasteiger partial charge in [0, 0.05) is 5.56 Å². The zero-order valence-corrected chi connectivity index (χ0v) is 24.7. The number of nitrogens with zero attached hydrogens (tertiary/aromatic N) is 3. The number of rotatable bonds is 10. The summed E-state index contributed by atoms with van der Waals surface area (Å²) in [5.41, 5.74) is -3.06. The first-order chi connectivity index (χ1) is 21.6. The van der Waals surface area contributed by atoms with E-state index in [0.717, 1.165) is 46.9 Å². The first-order valence-electron chi connectivity index (χ1n) is 14.5. The van der Waals surface area contributed by atoms with Crippen LogP contribution in [0.15, 0.2) is 44.7 Å². The van der Waals surface area contributed by atoms with E-state index in [0.29, 0.717) is 23.3 Å². The Balaban J connectivity index is 1.42. The van der Waals surface area contributed by atoms with E-state index in [1.165, 1.54) is 17.0 Å². The Hall–Kier alpha value is -3.95. The van der Waals surface area contributed by atoms with Crippen molar-refractivity contribution < 1.29 is 41.7 Å². The SMILES string of the molecule is Cc1c(-c2ncco2)sc2c1c(=O)n(C1(C(=O)O)CC1)c(=O)n2C[C@H](OC1C[C@H]2CC[C@@H](C1)O2)c1cc(F)ccc1OC(F)F. The van der Waals surface area contributed by atoms with Crippen LogP contribution in [0.4, 0.5) is 13.2 Å². The highest BCUT2D eigenvalue weighted by Gasteiger charge is 2.55. The summed E-state index contributed by atoms with van der Waals surface area (Å²) in [6, 6.07) is 3.07. The van der Waals surface area contributed by atoms with Crippen LogP contribution in [0.1, 0.15) is 55.8 Å². The number of thiophene rings is 1. The maximum atomic E-state index is 14.7. The molecule has 4 atom stereocenters. The molecule has 3 aromatic heterocycles. The van der Waals surface area contributed by atoms with Crippen LogP contribution >= 0.6 is 11.3 Å². The van der Waals surface area contributed by atoms with Crippen LogP contribution in [-0.2, 0) is 26.4 Å². The van der Waals surface area contributed by atoms with E-state index in [1.807, 2.05) is 0 Å². The Bertz CT molecular complexity index is 1890. The fourth-order valence-corrected chi connectivity index (χ4v) is 7.83. The van der Waals surface area contributed by atoms with Gasteiger partial charge in [0.05, 0.1) is 41.3 Å². The number of alkyl halides is 2. The summed E-state index contributed by atoms with van der Waals surface area (Å²) in [6.45, 7) is -1.95. The molecule has 1 saturated carbocycles. The molecule has 1 N–H and O–H groups in total. The van der Waals surface area contributed by atoms with Gasteiger partial charge in [-0.1, -0.05) is 0 Å². The topological polar surface area (TPSA) is 135 Å². The largest absolute Gasteiger partial charge is 0.479 e. The second kappa shape index (κ2) is 11.1. The number of fused-ring (bicyclic) bond motifs is 3. The van der Waals surface area contributed by atoms with Gasteiger partial charge in [0.15, 0.2) is 0 Å². The van der Waals surface area contributed by atoms with Crippen LogP contribution in [0.2, 0.25) is 0 Å². The number of benzene rings is 1. The summed E-state index contributed by atoms with van der Waals surface area (Å²) in [5, 5.41) is 10.2. The molecule has 2 saturated heterocycles. The number of carboxylic acid groups (broad SMARTS) is 1. The lowest BCUT2D eigenvalue weighted by Crippen LogP contribution is -2.49. The molecule has 4 aromatic rings. The minimum atomic E-state index is -3.22. The minimum absolute atomic E-state index is 0.0522. The van der Waals surface area contributed by atoms with Crippen molar-refractivity contribution in [2.24, 2.45) is 0 Å². The van der Waals surface area contributed by atoms with E-state index in [1.54, 1.807) is 6.92 Å². The number of carboxylic acids is 1. The van der Waals surface area contributed by atoms with Gasteiger partial charge in [-0.3, -0.25) is 9.36 Å². The van der Waals surface area contributed by atoms with Gasteiger partial charge in [-0.15, -0.1) is 11.3 Å². The van der Waals surface area contributed by atoms with E-state index < -0.39 is 47.4 Å². The maximum Gasteiger partial charge on any atom is 0.387 e. The third-order valence-electron chi connectivity index (χ3n) is 8.88. The number of hydrogen-bond acceptors (Lipinski definition) is 9. The quantitative estimate of drug-likeness (QED) is 0.253. The van der Waals surface area contributed by atoms with E-state index >= 15 is 0 Å². The average Bonchev–Trinajstić information content (AvgIpc) is 3.28. The standard InChI is InChI=1S/C30H28F3N3O8S/c1-14-22-25(37)36(30(6-7-30)27(38)39)29(40)35(26(22)45-23(14)24-34-8-9-41-24)13-21(43-18-11-16-3-4-17(12-18)42-16)19-10-15(31)2-5-20(19)44-28(32)33/h2,5,8-10,16-18,21,28H,3-4,6-7,11-13H2,1H3,(H,38,39)/t16-,17+,18?,21-/m0/s1. The lowest BCUT2D eigenvalue weighted by molar-refractivity contribution is -0.142. The molecule has 0 spiro atoms. The monoisotopic (exact) mass is 647 g/mol. The van der Waals surface area contributed by atoms with Gasteiger partial charge in [0.1, 0.15) is 34.3 Å². The molecule has 2 aliphatic heterocycles. The molecule has 3 aliphatic rings. The molecule has 5 heterocycles. The minimum Gasteiger partial charge on any atom is -0.479 e. The highest BCUT2D eigenvalue weighted by Crippen LogP contribution is 2.44. The molecule has 1 unspecified atom stereocenters. The van der Waals surface area contributed by atoms with E-state index in [2.05, 4.69) is 4.98 Å². The van der Waals surface area contributed by atoms with Gasteiger partial charge >= 0.3 is 18.3 Å². The number of carbonyl (C=O) groups is 1. The lowest BCUT2D eigenvalue weighted by atomic mass is 10.0. The second-order valence-electron chi connectivity index (χ2n) is 11.7. The van der Waals surface area contributed by atoms with Crippen molar-refractivity contribution in [3.8, 4) is 16.5 Å². The second-order valence-corrected chi connectivity index (χ2v) is 12.7. The van der Waals surface area contributed by atoms with Crippen LogP contribution in [0.5, 0.6) is 5.75 Å². The molecule has 45 heavy (non-hydrogen) atoms. The summed E-state index contributed by atoms with van der Waals surface area (Å²) >= 11 is 1.04. The zero-order valence-electron chi connectivity index (χ0n) is 23.9. The van der Waals surface area contributed by atoms with Crippen molar-refractivity contribution in [3.05, 3.63) is 68.4 Å².